The van der Waals surface area contributed by atoms with Crippen LogP contribution in [0.2, 0.25) is 0 Å². The second kappa shape index (κ2) is 15.8. The molecule has 0 aliphatic heterocycles. The molecule has 14 rings (SSSR count). The molecule has 0 aliphatic carbocycles. The van der Waals surface area contributed by atoms with Gasteiger partial charge in [0.15, 0.2) is 0 Å². The van der Waals surface area contributed by atoms with Crippen molar-refractivity contribution in [2.75, 3.05) is 0 Å². The lowest BCUT2D eigenvalue weighted by atomic mass is 10.0. The Bertz CT molecular complexity index is 3860. The molecule has 6 nitrogen and oxygen atoms in total. The summed E-state index contributed by atoms with van der Waals surface area (Å²) in [4.78, 5) is 36.1. The summed E-state index contributed by atoms with van der Waals surface area (Å²) in [7, 11) is 0. The summed E-state index contributed by atoms with van der Waals surface area (Å²) < 4.78 is 3.53. The molecule has 4 heterocycles. The highest BCUT2D eigenvalue weighted by molar-refractivity contribution is 6.17. The van der Waals surface area contributed by atoms with Crippen molar-refractivity contribution in [1.82, 2.24) is 18.8 Å². The van der Waals surface area contributed by atoms with E-state index in [0.717, 1.165) is 98.0 Å². The predicted molar refractivity (Wildman–Crippen MR) is 268 cm³/mol. The monoisotopic (exact) mass is 824 g/mol. The molecule has 0 fully saturated rings. The highest BCUT2D eigenvalue weighted by Crippen LogP contribution is 2.32. The Morgan fingerprint density at radius 1 is 0.328 bits per heavy atom. The van der Waals surface area contributed by atoms with E-state index in [1.807, 2.05) is 121 Å². The summed E-state index contributed by atoms with van der Waals surface area (Å²) in [5.41, 5.74) is 7.55. The molecule has 0 bridgehead atoms. The van der Waals surface area contributed by atoms with Gasteiger partial charge in [-0.25, -0.2) is 9.97 Å². The van der Waals surface area contributed by atoms with Gasteiger partial charge in [-0.05, 0) is 82.6 Å². The number of aryl methyl sites for hydroxylation is 2. The topological polar surface area (TPSA) is 68.7 Å². The fourth-order valence-corrected chi connectivity index (χ4v) is 9.02. The number of aromatic nitrogens is 4. The van der Waals surface area contributed by atoms with Crippen LogP contribution in [0, 0.1) is 13.8 Å². The number of hydrogen-bond acceptors (Lipinski definition) is 4. The number of pyridine rings is 2. The Morgan fingerprint density at radius 3 is 0.984 bits per heavy atom. The normalized spacial score (nSPS) is 11.4. The van der Waals surface area contributed by atoms with E-state index in [9.17, 15) is 9.59 Å². The molecule has 0 amide bonds. The van der Waals surface area contributed by atoms with Crippen molar-refractivity contribution in [2.45, 2.75) is 13.8 Å². The van der Waals surface area contributed by atoms with Gasteiger partial charge in [0.25, 0.3) is 11.1 Å². The number of fused-ring (bicyclic) bond motifs is 10. The standard InChI is InChI=1S/2C22H12N2O.2C7H8/c2*25-22-17-10-4-8-13-7-3-9-16(20(13)17)21-23-18-11-14-5-1-2-6-15(14)12-19(18)24(21)22;2*1-7-5-3-2-4-6-7/h2*1-12H;2*2-6H,1H3. The predicted octanol–water partition coefficient (Wildman–Crippen LogP) is 13.5. The minimum atomic E-state index is -0.00270. The summed E-state index contributed by atoms with van der Waals surface area (Å²) in [5.74, 6) is 0. The molecular weight excluding hydrogens is 785 g/mol. The fraction of sp³-hybridized carbons (Fsp3) is 0.0345. The zero-order valence-electron chi connectivity index (χ0n) is 35.2. The molecule has 0 saturated heterocycles. The van der Waals surface area contributed by atoms with Crippen LogP contribution in [0.1, 0.15) is 11.1 Å². The van der Waals surface area contributed by atoms with E-state index in [4.69, 9.17) is 9.97 Å². The maximum absolute atomic E-state index is 13.2. The molecule has 64 heavy (non-hydrogen) atoms. The Balaban J connectivity index is 0.000000110. The average molecular weight is 825 g/mol. The molecule has 0 unspecified atom stereocenters. The molecule has 6 heteroatoms. The molecule has 0 saturated carbocycles. The summed E-state index contributed by atoms with van der Waals surface area (Å²) in [6.45, 7) is 4.17. The zero-order valence-corrected chi connectivity index (χ0v) is 35.2. The van der Waals surface area contributed by atoms with Crippen LogP contribution in [0.25, 0.3) is 98.0 Å². The lowest BCUT2D eigenvalue weighted by Crippen LogP contribution is -2.13. The van der Waals surface area contributed by atoms with Crippen molar-refractivity contribution in [2.24, 2.45) is 0 Å². The molecule has 4 aromatic heterocycles. The SMILES string of the molecule is Cc1ccccc1.Cc1ccccc1.O=c1c2cccc3cccc(c32)c2nc3cc4ccccc4cc3n12.O=c1c2cccc3cccc(c32)c2nc3cc4ccccc4cc3n12. The Kier molecular flexibility index (Phi) is 9.47. The van der Waals surface area contributed by atoms with Crippen LogP contribution in [0.3, 0.4) is 0 Å². The van der Waals surface area contributed by atoms with Gasteiger partial charge in [-0.2, -0.15) is 0 Å². The highest BCUT2D eigenvalue weighted by Gasteiger charge is 2.18. The number of hydrogen-bond donors (Lipinski definition) is 0. The molecule has 0 radical (unpaired) electrons. The van der Waals surface area contributed by atoms with E-state index in [2.05, 4.69) is 98.8 Å². The van der Waals surface area contributed by atoms with Gasteiger partial charge in [-0.1, -0.05) is 181 Å². The lowest BCUT2D eigenvalue weighted by Gasteiger charge is -2.06. The largest absolute Gasteiger partial charge is 0.268 e. The van der Waals surface area contributed by atoms with Crippen LogP contribution in [0.4, 0.5) is 0 Å². The number of imidazole rings is 2. The summed E-state index contributed by atoms with van der Waals surface area (Å²) >= 11 is 0. The van der Waals surface area contributed by atoms with Gasteiger partial charge < -0.3 is 0 Å². The smallest absolute Gasteiger partial charge is 0.264 e. The first kappa shape index (κ1) is 38.4. The van der Waals surface area contributed by atoms with Gasteiger partial charge in [0, 0.05) is 32.3 Å². The molecule has 0 N–H and O–H groups in total. The lowest BCUT2D eigenvalue weighted by molar-refractivity contribution is 1.19. The second-order valence-electron chi connectivity index (χ2n) is 16.3. The van der Waals surface area contributed by atoms with Crippen LogP contribution in [-0.2, 0) is 0 Å². The van der Waals surface area contributed by atoms with Gasteiger partial charge >= 0.3 is 0 Å². The average Bonchev–Trinajstić information content (AvgIpc) is 3.90. The molecule has 14 aromatic rings. The van der Waals surface area contributed by atoms with Crippen LogP contribution < -0.4 is 11.1 Å². The Labute approximate surface area is 367 Å². The van der Waals surface area contributed by atoms with Crippen LogP contribution in [-0.4, -0.2) is 18.8 Å². The van der Waals surface area contributed by atoms with E-state index in [0.29, 0.717) is 0 Å². The van der Waals surface area contributed by atoms with Gasteiger partial charge in [-0.3, -0.25) is 18.4 Å². The van der Waals surface area contributed by atoms with Crippen LogP contribution in [0.5, 0.6) is 0 Å². The van der Waals surface area contributed by atoms with Crippen molar-refractivity contribution >= 4 is 98.0 Å². The quantitative estimate of drug-likeness (QED) is 0.153. The fourth-order valence-electron chi connectivity index (χ4n) is 9.02. The second-order valence-corrected chi connectivity index (χ2v) is 16.3. The third-order valence-corrected chi connectivity index (χ3v) is 12.1. The summed E-state index contributed by atoms with van der Waals surface area (Å²) in [5, 5.41) is 12.2. The minimum Gasteiger partial charge on any atom is -0.268 e. The van der Waals surface area contributed by atoms with Gasteiger partial charge in [-0.15, -0.1) is 0 Å². The summed E-state index contributed by atoms with van der Waals surface area (Å²) in [6, 6.07) is 69.2. The first-order chi connectivity index (χ1) is 31.4. The van der Waals surface area contributed by atoms with Gasteiger partial charge in [0.1, 0.15) is 11.3 Å². The van der Waals surface area contributed by atoms with E-state index in [1.165, 1.54) is 11.1 Å². The zero-order chi connectivity index (χ0) is 43.3. The Hall–Kier alpha value is -8.48. The van der Waals surface area contributed by atoms with E-state index in [-0.39, 0.29) is 11.1 Å². The molecule has 304 valence electrons. The van der Waals surface area contributed by atoms with E-state index in [1.54, 1.807) is 8.80 Å². The van der Waals surface area contributed by atoms with Crippen LogP contribution in [0.15, 0.2) is 216 Å². The van der Waals surface area contributed by atoms with E-state index >= 15 is 0 Å². The van der Waals surface area contributed by atoms with E-state index < -0.39 is 0 Å². The third kappa shape index (κ3) is 6.60. The minimum absolute atomic E-state index is 0.00270. The van der Waals surface area contributed by atoms with Gasteiger partial charge in [0.2, 0.25) is 0 Å². The molecule has 0 spiro atoms. The molecule has 0 aliphatic rings. The molecule has 0 atom stereocenters. The highest BCUT2D eigenvalue weighted by atomic mass is 16.1. The third-order valence-electron chi connectivity index (χ3n) is 12.1. The first-order valence-corrected chi connectivity index (χ1v) is 21.4. The molecule has 10 aromatic carbocycles. The maximum atomic E-state index is 13.2. The van der Waals surface area contributed by atoms with Crippen LogP contribution >= 0.6 is 0 Å². The number of nitrogens with zero attached hydrogens (tertiary/aromatic N) is 4. The van der Waals surface area contributed by atoms with Crippen molar-refractivity contribution in [3.63, 3.8) is 0 Å². The van der Waals surface area contributed by atoms with Crippen molar-refractivity contribution in [1.29, 1.82) is 0 Å². The number of benzene rings is 10. The molecular formula is C58H40N4O2. The maximum Gasteiger partial charge on any atom is 0.264 e. The Morgan fingerprint density at radius 2 is 0.641 bits per heavy atom. The van der Waals surface area contributed by atoms with Gasteiger partial charge in [0.05, 0.1) is 22.1 Å². The summed E-state index contributed by atoms with van der Waals surface area (Å²) in [6.07, 6.45) is 0. The van der Waals surface area contributed by atoms with Crippen molar-refractivity contribution in [3.05, 3.63) is 238 Å². The van der Waals surface area contributed by atoms with Crippen molar-refractivity contribution < 1.29 is 0 Å². The van der Waals surface area contributed by atoms with Crippen molar-refractivity contribution in [3.8, 4) is 0 Å². The first-order valence-electron chi connectivity index (χ1n) is 21.4. The number of rotatable bonds is 0.